The Balaban J connectivity index is 1.83. The third kappa shape index (κ3) is 3.70. The molecule has 10 heteroatoms. The molecule has 3 aromatic rings. The predicted octanol–water partition coefficient (Wildman–Crippen LogP) is 5.47. The highest BCUT2D eigenvalue weighted by Crippen LogP contribution is 2.55. The van der Waals surface area contributed by atoms with Crippen molar-refractivity contribution >= 4 is 45.5 Å². The second-order valence-corrected chi connectivity index (χ2v) is 9.15. The van der Waals surface area contributed by atoms with Gasteiger partial charge in [-0.15, -0.1) is 0 Å². The van der Waals surface area contributed by atoms with Crippen LogP contribution in [0.1, 0.15) is 31.4 Å². The molecule has 0 saturated carbocycles. The van der Waals surface area contributed by atoms with Crippen molar-refractivity contribution in [3.05, 3.63) is 100 Å². The topological polar surface area (TPSA) is 101 Å². The fourth-order valence-corrected chi connectivity index (χ4v) is 5.67. The molecule has 1 unspecified atom stereocenters. The Morgan fingerprint density at radius 3 is 2.39 bits per heavy atom. The van der Waals surface area contributed by atoms with Crippen molar-refractivity contribution in [2.75, 3.05) is 16.6 Å². The van der Waals surface area contributed by atoms with Crippen LogP contribution in [0.2, 0.25) is 0 Å². The van der Waals surface area contributed by atoms with E-state index in [0.717, 1.165) is 34.3 Å². The lowest BCUT2D eigenvalue weighted by Gasteiger charge is -2.46. The highest BCUT2D eigenvalue weighted by atomic mass is 32.2. The zero-order valence-corrected chi connectivity index (χ0v) is 20.5. The number of thioether (sulfide) groups is 1. The smallest absolute Gasteiger partial charge is 0.365 e. The molecule has 0 aliphatic carbocycles. The number of fused-ring (bicyclic) bond motifs is 2. The number of nitro benzene ring substituents is 1. The third-order valence-electron chi connectivity index (χ3n) is 5.91. The number of nitro groups is 1. The van der Waals surface area contributed by atoms with Gasteiger partial charge in [0.05, 0.1) is 22.9 Å². The van der Waals surface area contributed by atoms with Crippen LogP contribution in [0.5, 0.6) is 0 Å². The number of anilines is 2. The summed E-state index contributed by atoms with van der Waals surface area (Å²) in [4.78, 5) is 23.3. The molecule has 0 bridgehead atoms. The SMILES string of the molecule is CCOC(=O)C1=NN(c2ccccc2[N+](=O)[O-])C2(S1)c1ccccc1C(CC)=NN2c1ccccc1. The van der Waals surface area contributed by atoms with Crippen LogP contribution in [-0.2, 0) is 14.5 Å². The van der Waals surface area contributed by atoms with Crippen molar-refractivity contribution < 1.29 is 14.5 Å². The number of hydrazone groups is 2. The molecular weight excluding hydrogens is 478 g/mol. The van der Waals surface area contributed by atoms with Crippen LogP contribution in [-0.4, -0.2) is 28.3 Å². The molecule has 0 fully saturated rings. The average molecular weight is 502 g/mol. The van der Waals surface area contributed by atoms with E-state index in [9.17, 15) is 14.9 Å². The summed E-state index contributed by atoms with van der Waals surface area (Å²) in [6, 6.07) is 23.6. The molecular formula is C26H23N5O4S. The van der Waals surface area contributed by atoms with Gasteiger partial charge in [-0.05, 0) is 43.3 Å². The number of ether oxygens (including phenoxy) is 1. The summed E-state index contributed by atoms with van der Waals surface area (Å²) in [6.45, 7) is 3.92. The zero-order valence-electron chi connectivity index (χ0n) is 19.7. The summed E-state index contributed by atoms with van der Waals surface area (Å²) in [5.41, 5.74) is 3.40. The Morgan fingerprint density at radius 2 is 1.67 bits per heavy atom. The van der Waals surface area contributed by atoms with E-state index in [4.69, 9.17) is 9.84 Å². The highest BCUT2D eigenvalue weighted by Gasteiger charge is 2.57. The Kier molecular flexibility index (Phi) is 6.19. The lowest BCUT2D eigenvalue weighted by molar-refractivity contribution is -0.384. The Morgan fingerprint density at radius 1 is 0.972 bits per heavy atom. The van der Waals surface area contributed by atoms with Crippen LogP contribution >= 0.6 is 11.8 Å². The molecule has 1 spiro atoms. The van der Waals surface area contributed by atoms with E-state index < -0.39 is 15.9 Å². The average Bonchev–Trinajstić information content (AvgIpc) is 3.31. The molecule has 3 aromatic carbocycles. The summed E-state index contributed by atoms with van der Waals surface area (Å²) in [5, 5.41) is 25.1. The van der Waals surface area contributed by atoms with Gasteiger partial charge < -0.3 is 4.74 Å². The quantitative estimate of drug-likeness (QED) is 0.251. The van der Waals surface area contributed by atoms with Crippen molar-refractivity contribution in [2.45, 2.75) is 25.3 Å². The first-order chi connectivity index (χ1) is 17.5. The van der Waals surface area contributed by atoms with Crippen molar-refractivity contribution in [1.29, 1.82) is 0 Å². The Bertz CT molecular complexity index is 1390. The van der Waals surface area contributed by atoms with Gasteiger partial charge in [-0.3, -0.25) is 10.1 Å². The first-order valence-electron chi connectivity index (χ1n) is 11.5. The van der Waals surface area contributed by atoms with Crippen molar-refractivity contribution in [2.24, 2.45) is 10.2 Å². The minimum absolute atomic E-state index is 0.0842. The van der Waals surface area contributed by atoms with E-state index in [1.807, 2.05) is 61.5 Å². The number of hydrogen-bond acceptors (Lipinski definition) is 9. The van der Waals surface area contributed by atoms with Gasteiger partial charge in [0, 0.05) is 17.2 Å². The van der Waals surface area contributed by atoms with E-state index in [-0.39, 0.29) is 23.0 Å². The van der Waals surface area contributed by atoms with Gasteiger partial charge in [-0.2, -0.15) is 10.2 Å². The van der Waals surface area contributed by atoms with E-state index in [0.29, 0.717) is 6.42 Å². The van der Waals surface area contributed by atoms with Crippen molar-refractivity contribution in [3.63, 3.8) is 0 Å². The number of rotatable bonds is 6. The number of nitrogens with zero attached hydrogens (tertiary/aromatic N) is 5. The molecule has 0 aromatic heterocycles. The Labute approximate surface area is 212 Å². The second-order valence-electron chi connectivity index (χ2n) is 7.99. The fraction of sp³-hybridized carbons (Fsp3) is 0.192. The molecule has 0 N–H and O–H groups in total. The van der Waals surface area contributed by atoms with Gasteiger partial charge in [-0.25, -0.2) is 14.8 Å². The monoisotopic (exact) mass is 501 g/mol. The van der Waals surface area contributed by atoms with Crippen LogP contribution in [0.3, 0.4) is 0 Å². The number of carbonyl (C=O) groups is 1. The van der Waals surface area contributed by atoms with Crippen LogP contribution in [0.15, 0.2) is 89.1 Å². The first-order valence-corrected chi connectivity index (χ1v) is 12.3. The van der Waals surface area contributed by atoms with Crippen LogP contribution in [0.25, 0.3) is 0 Å². The molecule has 1 atom stereocenters. The maximum absolute atomic E-state index is 13.0. The van der Waals surface area contributed by atoms with Crippen LogP contribution in [0.4, 0.5) is 17.1 Å². The summed E-state index contributed by atoms with van der Waals surface area (Å²) < 4.78 is 5.29. The van der Waals surface area contributed by atoms with Crippen LogP contribution < -0.4 is 10.0 Å². The van der Waals surface area contributed by atoms with E-state index in [2.05, 4.69) is 5.10 Å². The third-order valence-corrected chi connectivity index (χ3v) is 7.20. The maximum Gasteiger partial charge on any atom is 0.365 e. The minimum atomic E-state index is -1.26. The molecule has 2 aliphatic heterocycles. The lowest BCUT2D eigenvalue weighted by Crippen LogP contribution is -2.54. The number of para-hydroxylation sites is 3. The van der Waals surface area contributed by atoms with Gasteiger partial charge >= 0.3 is 5.97 Å². The summed E-state index contributed by atoms with van der Waals surface area (Å²) in [5.74, 6) is -0.598. The standard InChI is InChI=1S/C26H23N5O4S/c1-3-21-19-14-8-9-15-20(19)26(29(27-21)18-12-6-5-7-13-18)30(28-24(36-26)25(32)35-4-2)22-16-10-11-17-23(22)31(33)34/h5-17H,3-4H2,1-2H3. The van der Waals surface area contributed by atoms with E-state index in [1.54, 1.807) is 30.1 Å². The van der Waals surface area contributed by atoms with Gasteiger partial charge in [0.1, 0.15) is 5.69 Å². The maximum atomic E-state index is 13.0. The molecule has 9 nitrogen and oxygen atoms in total. The predicted molar refractivity (Wildman–Crippen MR) is 141 cm³/mol. The summed E-state index contributed by atoms with van der Waals surface area (Å²) in [7, 11) is 0. The van der Waals surface area contributed by atoms with E-state index in [1.165, 1.54) is 11.1 Å². The molecule has 2 heterocycles. The van der Waals surface area contributed by atoms with E-state index >= 15 is 0 Å². The number of carbonyl (C=O) groups excluding carboxylic acids is 1. The number of benzene rings is 3. The summed E-state index contributed by atoms with van der Waals surface area (Å²) in [6.07, 6.45) is 0.665. The van der Waals surface area contributed by atoms with Gasteiger partial charge in [0.2, 0.25) is 10.0 Å². The molecule has 0 amide bonds. The van der Waals surface area contributed by atoms with Crippen molar-refractivity contribution in [1.82, 2.24) is 0 Å². The van der Waals surface area contributed by atoms with Crippen LogP contribution in [0, 0.1) is 10.1 Å². The zero-order chi connectivity index (χ0) is 25.3. The summed E-state index contributed by atoms with van der Waals surface area (Å²) >= 11 is 1.16. The molecule has 36 heavy (non-hydrogen) atoms. The van der Waals surface area contributed by atoms with Gasteiger partial charge in [0.25, 0.3) is 5.69 Å². The highest BCUT2D eigenvalue weighted by molar-refractivity contribution is 8.16. The van der Waals surface area contributed by atoms with Gasteiger partial charge in [-0.1, -0.05) is 61.5 Å². The molecule has 0 radical (unpaired) electrons. The second kappa shape index (κ2) is 9.46. The largest absolute Gasteiger partial charge is 0.461 e. The minimum Gasteiger partial charge on any atom is -0.461 e. The normalized spacial score (nSPS) is 18.5. The number of esters is 1. The van der Waals surface area contributed by atoms with Crippen molar-refractivity contribution in [3.8, 4) is 0 Å². The first kappa shape index (κ1) is 23.6. The molecule has 182 valence electrons. The van der Waals surface area contributed by atoms with Gasteiger partial charge in [0.15, 0.2) is 0 Å². The molecule has 0 saturated heterocycles. The molecule has 2 aliphatic rings. The Hall–Kier alpha value is -4.18. The number of hydrogen-bond donors (Lipinski definition) is 0. The molecule has 5 rings (SSSR count). The lowest BCUT2D eigenvalue weighted by atomic mass is 9.96. The fourth-order valence-electron chi connectivity index (χ4n) is 4.39.